The summed E-state index contributed by atoms with van der Waals surface area (Å²) >= 11 is 0. The molecule has 1 N–H and O–H groups in total. The van der Waals surface area contributed by atoms with Crippen molar-refractivity contribution < 1.29 is 19.0 Å². The summed E-state index contributed by atoms with van der Waals surface area (Å²) in [4.78, 5) is 3.84. The Kier molecular flexibility index (Phi) is 3.14. The zero-order chi connectivity index (χ0) is 11.6. The number of aliphatic hydroxyl groups is 1. The van der Waals surface area contributed by atoms with E-state index in [1.807, 2.05) is 0 Å². The monoisotopic (exact) mass is 215 g/mol. The summed E-state index contributed by atoms with van der Waals surface area (Å²) < 4.78 is 23.4. The Bertz CT molecular complexity index is 360. The lowest BCUT2D eigenvalue weighted by molar-refractivity contribution is 0.0679. The first kappa shape index (κ1) is 11.7. The highest BCUT2D eigenvalue weighted by Gasteiger charge is 2.26. The number of aromatic nitrogens is 1. The van der Waals surface area contributed by atoms with E-state index in [0.717, 1.165) is 0 Å². The van der Waals surface area contributed by atoms with E-state index in [4.69, 9.17) is 9.47 Å². The predicted molar refractivity (Wildman–Crippen MR) is 52.5 cm³/mol. The highest BCUT2D eigenvalue weighted by molar-refractivity contribution is 5.34. The van der Waals surface area contributed by atoms with E-state index in [-0.39, 0.29) is 17.3 Å². The molecule has 0 fully saturated rings. The Hall–Kier alpha value is -1.36. The second-order valence-electron chi connectivity index (χ2n) is 3.59. The summed E-state index contributed by atoms with van der Waals surface area (Å²) in [5.74, 6) is -0.477. The first-order valence-electron chi connectivity index (χ1n) is 4.41. The van der Waals surface area contributed by atoms with Gasteiger partial charge in [0.2, 0.25) is 5.88 Å². The fraction of sp³-hybridized carbons (Fsp3) is 0.500. The molecule has 1 rings (SSSR count). The molecule has 0 atom stereocenters. The second-order valence-corrected chi connectivity index (χ2v) is 3.59. The lowest BCUT2D eigenvalue weighted by Crippen LogP contribution is -2.20. The molecule has 84 valence electrons. The molecule has 15 heavy (non-hydrogen) atoms. The third-order valence-electron chi connectivity index (χ3n) is 1.91. The Balaban J connectivity index is 3.37. The second kappa shape index (κ2) is 4.02. The zero-order valence-electron chi connectivity index (χ0n) is 9.17. The van der Waals surface area contributed by atoms with E-state index in [9.17, 15) is 9.50 Å². The number of pyridine rings is 1. The summed E-state index contributed by atoms with van der Waals surface area (Å²) in [6.07, 6.45) is 0. The largest absolute Gasteiger partial charge is 0.493 e. The van der Waals surface area contributed by atoms with Crippen LogP contribution < -0.4 is 9.47 Å². The van der Waals surface area contributed by atoms with Crippen LogP contribution in [-0.4, -0.2) is 24.3 Å². The van der Waals surface area contributed by atoms with Gasteiger partial charge in [0.25, 0.3) is 0 Å². The molecule has 0 aliphatic carbocycles. The molecule has 0 radical (unpaired) electrons. The van der Waals surface area contributed by atoms with Crippen molar-refractivity contribution >= 4 is 0 Å². The number of rotatable bonds is 3. The maximum absolute atomic E-state index is 13.7. The average Bonchev–Trinajstić information content (AvgIpc) is 2.16. The minimum Gasteiger partial charge on any atom is -0.493 e. The predicted octanol–water partition coefficient (Wildman–Crippen LogP) is 1.47. The molecule has 0 unspecified atom stereocenters. The van der Waals surface area contributed by atoms with Crippen molar-refractivity contribution in [3.63, 3.8) is 0 Å². The number of nitrogens with zero attached hydrogens (tertiary/aromatic N) is 1. The van der Waals surface area contributed by atoms with Crippen LogP contribution in [0.1, 0.15) is 19.5 Å². The number of hydrogen-bond donors (Lipinski definition) is 1. The Morgan fingerprint density at radius 1 is 1.33 bits per heavy atom. The van der Waals surface area contributed by atoms with Crippen LogP contribution in [0.15, 0.2) is 6.07 Å². The van der Waals surface area contributed by atoms with E-state index < -0.39 is 11.4 Å². The molecule has 0 amide bonds. The van der Waals surface area contributed by atoms with Gasteiger partial charge in [-0.05, 0) is 13.8 Å². The molecular weight excluding hydrogens is 201 g/mol. The van der Waals surface area contributed by atoms with Gasteiger partial charge < -0.3 is 14.6 Å². The number of ether oxygens (including phenoxy) is 2. The van der Waals surface area contributed by atoms with Crippen molar-refractivity contribution in [3.8, 4) is 11.6 Å². The van der Waals surface area contributed by atoms with E-state index in [2.05, 4.69) is 4.98 Å². The SMILES string of the molecule is COc1cc(OC)c(F)c(C(C)(C)O)n1. The Labute approximate surface area is 87.7 Å². The van der Waals surface area contributed by atoms with Gasteiger partial charge in [-0.2, -0.15) is 0 Å². The number of methoxy groups -OCH3 is 2. The lowest BCUT2D eigenvalue weighted by Gasteiger charge is -2.19. The van der Waals surface area contributed by atoms with E-state index in [0.29, 0.717) is 0 Å². The highest BCUT2D eigenvalue weighted by Crippen LogP contribution is 2.30. The van der Waals surface area contributed by atoms with Gasteiger partial charge in [0.05, 0.1) is 14.2 Å². The normalized spacial score (nSPS) is 11.3. The van der Waals surface area contributed by atoms with Crippen LogP contribution in [-0.2, 0) is 5.60 Å². The van der Waals surface area contributed by atoms with Crippen LogP contribution in [0, 0.1) is 5.82 Å². The summed E-state index contributed by atoms with van der Waals surface area (Å²) in [6, 6.07) is 1.32. The first-order valence-corrected chi connectivity index (χ1v) is 4.41. The van der Waals surface area contributed by atoms with Crippen LogP contribution in [0.2, 0.25) is 0 Å². The van der Waals surface area contributed by atoms with Crippen molar-refractivity contribution in [2.45, 2.75) is 19.4 Å². The number of hydrogen-bond acceptors (Lipinski definition) is 4. The van der Waals surface area contributed by atoms with Gasteiger partial charge >= 0.3 is 0 Å². The molecular formula is C10H14FNO3. The lowest BCUT2D eigenvalue weighted by atomic mass is 10.0. The molecule has 0 aliphatic rings. The smallest absolute Gasteiger partial charge is 0.217 e. The average molecular weight is 215 g/mol. The first-order chi connectivity index (χ1) is 6.90. The molecule has 0 saturated carbocycles. The van der Waals surface area contributed by atoms with Crippen molar-refractivity contribution in [1.82, 2.24) is 4.98 Å². The molecule has 1 aromatic heterocycles. The van der Waals surface area contributed by atoms with E-state index in [1.54, 1.807) is 0 Å². The molecule has 1 aromatic rings. The molecule has 4 nitrogen and oxygen atoms in total. The van der Waals surface area contributed by atoms with Crippen LogP contribution in [0.25, 0.3) is 0 Å². The van der Waals surface area contributed by atoms with Crippen LogP contribution in [0.3, 0.4) is 0 Å². The van der Waals surface area contributed by atoms with Gasteiger partial charge in [-0.25, -0.2) is 9.37 Å². The van der Waals surface area contributed by atoms with E-state index >= 15 is 0 Å². The van der Waals surface area contributed by atoms with Crippen molar-refractivity contribution in [3.05, 3.63) is 17.6 Å². The Morgan fingerprint density at radius 2 is 1.93 bits per heavy atom. The van der Waals surface area contributed by atoms with Crippen LogP contribution in [0.5, 0.6) is 11.6 Å². The summed E-state index contributed by atoms with van der Waals surface area (Å²) in [6.45, 7) is 2.88. The van der Waals surface area contributed by atoms with Crippen molar-refractivity contribution in [2.24, 2.45) is 0 Å². The quantitative estimate of drug-likeness (QED) is 0.829. The summed E-state index contributed by atoms with van der Waals surface area (Å²) in [7, 11) is 2.75. The Morgan fingerprint density at radius 3 is 2.33 bits per heavy atom. The molecule has 0 aliphatic heterocycles. The fourth-order valence-corrected chi connectivity index (χ4v) is 1.14. The van der Waals surface area contributed by atoms with Gasteiger partial charge in [0, 0.05) is 6.07 Å². The van der Waals surface area contributed by atoms with Gasteiger partial charge in [0.1, 0.15) is 11.3 Å². The zero-order valence-corrected chi connectivity index (χ0v) is 9.17. The minimum atomic E-state index is -1.38. The molecule has 5 heteroatoms. The third-order valence-corrected chi connectivity index (χ3v) is 1.91. The highest BCUT2D eigenvalue weighted by atomic mass is 19.1. The number of halogens is 1. The summed E-state index contributed by atoms with van der Waals surface area (Å²) in [5.41, 5.74) is -1.48. The van der Waals surface area contributed by atoms with Gasteiger partial charge in [-0.3, -0.25) is 0 Å². The maximum Gasteiger partial charge on any atom is 0.217 e. The molecule has 1 heterocycles. The molecule has 0 saturated heterocycles. The minimum absolute atomic E-state index is 0.000949. The van der Waals surface area contributed by atoms with Gasteiger partial charge in [-0.15, -0.1) is 0 Å². The third kappa shape index (κ3) is 2.36. The van der Waals surface area contributed by atoms with E-state index in [1.165, 1.54) is 34.1 Å². The maximum atomic E-state index is 13.7. The van der Waals surface area contributed by atoms with Crippen molar-refractivity contribution in [2.75, 3.05) is 14.2 Å². The van der Waals surface area contributed by atoms with Crippen LogP contribution in [0.4, 0.5) is 4.39 Å². The molecule has 0 bridgehead atoms. The molecule has 0 spiro atoms. The molecule has 0 aromatic carbocycles. The van der Waals surface area contributed by atoms with Crippen molar-refractivity contribution in [1.29, 1.82) is 0 Å². The fourth-order valence-electron chi connectivity index (χ4n) is 1.14. The van der Waals surface area contributed by atoms with Gasteiger partial charge in [-0.1, -0.05) is 0 Å². The van der Waals surface area contributed by atoms with Gasteiger partial charge in [0.15, 0.2) is 11.6 Å². The standard InChI is InChI=1S/C10H14FNO3/c1-10(2,13)9-8(11)6(14-3)5-7(12-9)15-4/h5,13H,1-4H3. The summed E-state index contributed by atoms with van der Waals surface area (Å²) in [5, 5.41) is 9.70. The van der Waals surface area contributed by atoms with Crippen LogP contribution >= 0.6 is 0 Å². The topological polar surface area (TPSA) is 51.6 Å².